The number of hydrogen-bond donors (Lipinski definition) is 1. The molecule has 2 aromatic rings. The van der Waals surface area contributed by atoms with Crippen LogP contribution in [0.1, 0.15) is 24.5 Å². The average molecular weight is 296 g/mol. The Labute approximate surface area is 130 Å². The lowest BCUT2D eigenvalue weighted by Gasteiger charge is -2.07. The number of aryl methyl sites for hydroxylation is 1. The van der Waals surface area contributed by atoms with Crippen molar-refractivity contribution in [2.45, 2.75) is 20.3 Å². The molecule has 0 atom stereocenters. The summed E-state index contributed by atoms with van der Waals surface area (Å²) in [4.78, 5) is 11.8. The number of hydrogen-bond acceptors (Lipinski definition) is 3. The lowest BCUT2D eigenvalue weighted by molar-refractivity contribution is -0.123. The molecule has 0 unspecified atom stereocenters. The van der Waals surface area contributed by atoms with Crippen molar-refractivity contribution in [3.63, 3.8) is 0 Å². The van der Waals surface area contributed by atoms with Crippen LogP contribution in [0.15, 0.2) is 59.7 Å². The Balaban J connectivity index is 1.88. The van der Waals surface area contributed by atoms with Crippen molar-refractivity contribution >= 4 is 11.6 Å². The van der Waals surface area contributed by atoms with Crippen LogP contribution in [0.5, 0.6) is 5.75 Å². The van der Waals surface area contributed by atoms with Gasteiger partial charge in [0, 0.05) is 0 Å². The number of benzene rings is 2. The fourth-order valence-corrected chi connectivity index (χ4v) is 1.92. The topological polar surface area (TPSA) is 50.7 Å². The van der Waals surface area contributed by atoms with Crippen LogP contribution in [0.4, 0.5) is 0 Å². The van der Waals surface area contributed by atoms with Crippen molar-refractivity contribution in [3.8, 4) is 5.75 Å². The van der Waals surface area contributed by atoms with Gasteiger partial charge in [0.05, 0.1) is 5.71 Å². The zero-order valence-electron chi connectivity index (χ0n) is 12.9. The van der Waals surface area contributed by atoms with E-state index in [0.29, 0.717) is 5.75 Å². The summed E-state index contributed by atoms with van der Waals surface area (Å²) in [7, 11) is 0. The van der Waals surface area contributed by atoms with E-state index in [9.17, 15) is 4.79 Å². The predicted molar refractivity (Wildman–Crippen MR) is 88.1 cm³/mol. The quantitative estimate of drug-likeness (QED) is 0.657. The number of carbonyl (C=O) groups excluding carboxylic acids is 1. The minimum atomic E-state index is -0.276. The minimum Gasteiger partial charge on any atom is -0.484 e. The molecule has 1 amide bonds. The molecule has 0 aliphatic heterocycles. The summed E-state index contributed by atoms with van der Waals surface area (Å²) < 4.78 is 5.41. The summed E-state index contributed by atoms with van der Waals surface area (Å²) in [5, 5.41) is 4.18. The first kappa shape index (κ1) is 15.8. The maximum atomic E-state index is 11.8. The summed E-state index contributed by atoms with van der Waals surface area (Å²) in [5.41, 5.74) is 5.53. The van der Waals surface area contributed by atoms with Crippen molar-refractivity contribution < 1.29 is 9.53 Å². The van der Waals surface area contributed by atoms with Crippen molar-refractivity contribution in [3.05, 3.63) is 65.7 Å². The van der Waals surface area contributed by atoms with E-state index in [1.165, 1.54) is 0 Å². The summed E-state index contributed by atoms with van der Waals surface area (Å²) >= 11 is 0. The lowest BCUT2D eigenvalue weighted by Crippen LogP contribution is -2.26. The third-order valence-corrected chi connectivity index (χ3v) is 3.15. The molecule has 114 valence electrons. The van der Waals surface area contributed by atoms with Crippen molar-refractivity contribution in [2.24, 2.45) is 5.10 Å². The molecule has 0 aliphatic carbocycles. The van der Waals surface area contributed by atoms with Gasteiger partial charge in [-0.05, 0) is 31.0 Å². The average Bonchev–Trinajstić information content (AvgIpc) is 2.56. The molecule has 0 saturated carbocycles. The van der Waals surface area contributed by atoms with Gasteiger partial charge in [-0.15, -0.1) is 0 Å². The molecule has 0 aliphatic rings. The molecule has 1 N–H and O–H groups in total. The highest BCUT2D eigenvalue weighted by Crippen LogP contribution is 2.11. The van der Waals surface area contributed by atoms with Gasteiger partial charge in [-0.25, -0.2) is 5.43 Å². The monoisotopic (exact) mass is 296 g/mol. The molecule has 0 fully saturated rings. The number of ether oxygens (including phenoxy) is 1. The van der Waals surface area contributed by atoms with Gasteiger partial charge in [0.25, 0.3) is 5.91 Å². The molecule has 0 heterocycles. The summed E-state index contributed by atoms with van der Waals surface area (Å²) in [6.07, 6.45) is 0.739. The van der Waals surface area contributed by atoms with E-state index in [1.807, 2.05) is 68.4 Å². The molecule has 4 heteroatoms. The highest BCUT2D eigenvalue weighted by atomic mass is 16.5. The Morgan fingerprint density at radius 3 is 2.41 bits per heavy atom. The molecule has 0 radical (unpaired) electrons. The zero-order chi connectivity index (χ0) is 15.8. The van der Waals surface area contributed by atoms with Crippen LogP contribution in [0.3, 0.4) is 0 Å². The van der Waals surface area contributed by atoms with E-state index in [4.69, 9.17) is 4.74 Å². The second-order valence-corrected chi connectivity index (χ2v) is 4.91. The smallest absolute Gasteiger partial charge is 0.277 e. The zero-order valence-corrected chi connectivity index (χ0v) is 12.9. The number of carbonyl (C=O) groups is 1. The van der Waals surface area contributed by atoms with Crippen LogP contribution in [0.2, 0.25) is 0 Å². The highest BCUT2D eigenvalue weighted by molar-refractivity contribution is 6.00. The van der Waals surface area contributed by atoms with Gasteiger partial charge < -0.3 is 4.74 Å². The first-order valence-corrected chi connectivity index (χ1v) is 7.29. The van der Waals surface area contributed by atoms with E-state index in [2.05, 4.69) is 10.5 Å². The van der Waals surface area contributed by atoms with Crippen molar-refractivity contribution in [2.75, 3.05) is 6.61 Å². The Morgan fingerprint density at radius 1 is 1.09 bits per heavy atom. The SMILES string of the molecule is CCC(=NNC(=O)COc1ccc(C)cc1)c1ccccc1. The second-order valence-electron chi connectivity index (χ2n) is 4.91. The maximum absolute atomic E-state index is 11.8. The van der Waals surface area contributed by atoms with Crippen LogP contribution < -0.4 is 10.2 Å². The van der Waals surface area contributed by atoms with Gasteiger partial charge in [0.15, 0.2) is 6.61 Å². The van der Waals surface area contributed by atoms with Crippen LogP contribution in [0, 0.1) is 6.92 Å². The molecule has 2 rings (SSSR count). The fraction of sp³-hybridized carbons (Fsp3) is 0.222. The van der Waals surface area contributed by atoms with Crippen LogP contribution >= 0.6 is 0 Å². The van der Waals surface area contributed by atoms with E-state index < -0.39 is 0 Å². The molecular weight excluding hydrogens is 276 g/mol. The maximum Gasteiger partial charge on any atom is 0.277 e. The van der Waals surface area contributed by atoms with E-state index in [-0.39, 0.29) is 12.5 Å². The number of rotatable bonds is 6. The molecule has 22 heavy (non-hydrogen) atoms. The van der Waals surface area contributed by atoms with Crippen LogP contribution in [-0.2, 0) is 4.79 Å². The molecule has 0 bridgehead atoms. The third-order valence-electron chi connectivity index (χ3n) is 3.15. The molecule has 0 aromatic heterocycles. The van der Waals surface area contributed by atoms with Gasteiger partial charge in [0.1, 0.15) is 5.75 Å². The Kier molecular flexibility index (Phi) is 5.72. The largest absolute Gasteiger partial charge is 0.484 e. The van der Waals surface area contributed by atoms with Gasteiger partial charge in [-0.1, -0.05) is 55.0 Å². The Hall–Kier alpha value is -2.62. The first-order valence-electron chi connectivity index (χ1n) is 7.29. The number of nitrogens with one attached hydrogen (secondary N) is 1. The first-order chi connectivity index (χ1) is 10.7. The van der Waals surface area contributed by atoms with E-state index in [1.54, 1.807) is 0 Å². The molecule has 4 nitrogen and oxygen atoms in total. The highest BCUT2D eigenvalue weighted by Gasteiger charge is 2.04. The fourth-order valence-electron chi connectivity index (χ4n) is 1.92. The van der Waals surface area contributed by atoms with Gasteiger partial charge in [-0.3, -0.25) is 4.79 Å². The van der Waals surface area contributed by atoms with Gasteiger partial charge >= 0.3 is 0 Å². The predicted octanol–water partition coefficient (Wildman–Crippen LogP) is 3.30. The number of hydrazone groups is 1. The van der Waals surface area contributed by atoms with Crippen LogP contribution in [-0.4, -0.2) is 18.2 Å². The standard InChI is InChI=1S/C18H20N2O2/c1-3-17(15-7-5-4-6-8-15)19-20-18(21)13-22-16-11-9-14(2)10-12-16/h4-12H,3,13H2,1-2H3,(H,20,21). The van der Waals surface area contributed by atoms with E-state index >= 15 is 0 Å². The number of amides is 1. The number of nitrogens with zero attached hydrogens (tertiary/aromatic N) is 1. The lowest BCUT2D eigenvalue weighted by atomic mass is 10.1. The van der Waals surface area contributed by atoms with Crippen LogP contribution in [0.25, 0.3) is 0 Å². The molecular formula is C18H20N2O2. The Bertz CT molecular complexity index is 634. The molecule has 0 spiro atoms. The Morgan fingerprint density at radius 2 is 1.77 bits per heavy atom. The molecule has 0 saturated heterocycles. The van der Waals surface area contributed by atoms with Gasteiger partial charge in [-0.2, -0.15) is 5.10 Å². The molecule has 2 aromatic carbocycles. The van der Waals surface area contributed by atoms with Gasteiger partial charge in [0.2, 0.25) is 0 Å². The second kappa shape index (κ2) is 7.98. The van der Waals surface area contributed by atoms with Crippen molar-refractivity contribution in [1.82, 2.24) is 5.43 Å². The van der Waals surface area contributed by atoms with Crippen molar-refractivity contribution in [1.29, 1.82) is 0 Å². The third kappa shape index (κ3) is 4.74. The summed E-state index contributed by atoms with van der Waals surface area (Å²) in [6.45, 7) is 3.94. The normalized spacial score (nSPS) is 11.1. The summed E-state index contributed by atoms with van der Waals surface area (Å²) in [5.74, 6) is 0.394. The minimum absolute atomic E-state index is 0.0572. The van der Waals surface area contributed by atoms with E-state index in [0.717, 1.165) is 23.3 Å². The summed E-state index contributed by atoms with van der Waals surface area (Å²) in [6, 6.07) is 17.3.